The lowest BCUT2D eigenvalue weighted by atomic mass is 10.0. The Morgan fingerprint density at radius 2 is 0.909 bits per heavy atom. The monoisotopic (exact) mass is 311 g/mol. The zero-order valence-corrected chi connectivity index (χ0v) is 15.7. The minimum Gasteiger partial charge on any atom is -0.376 e. The van der Waals surface area contributed by atoms with Crippen LogP contribution in [0.25, 0.3) is 0 Å². The molecule has 0 aliphatic carbocycles. The van der Waals surface area contributed by atoms with Crippen LogP contribution in [0.5, 0.6) is 0 Å². The molecular formula is C21H43O. The number of ether oxygens (including phenoxy) is 1. The van der Waals surface area contributed by atoms with E-state index in [-0.39, 0.29) is 0 Å². The Balaban J connectivity index is 2.91. The van der Waals surface area contributed by atoms with E-state index in [1.807, 2.05) is 6.61 Å². The quantitative estimate of drug-likeness (QED) is 0.221. The maximum atomic E-state index is 5.46. The first-order valence-corrected chi connectivity index (χ1v) is 10.3. The van der Waals surface area contributed by atoms with E-state index in [1.165, 1.54) is 103 Å². The molecule has 0 atom stereocenters. The van der Waals surface area contributed by atoms with Gasteiger partial charge in [-0.2, -0.15) is 0 Å². The lowest BCUT2D eigenvalue weighted by Crippen LogP contribution is -1.91. The first-order valence-electron chi connectivity index (χ1n) is 10.3. The molecule has 0 saturated carbocycles. The summed E-state index contributed by atoms with van der Waals surface area (Å²) in [5.74, 6) is 0. The van der Waals surface area contributed by atoms with Crippen molar-refractivity contribution in [3.8, 4) is 0 Å². The number of rotatable bonds is 19. The van der Waals surface area contributed by atoms with Crippen LogP contribution in [0.1, 0.15) is 123 Å². The molecule has 0 rings (SSSR count). The van der Waals surface area contributed by atoms with Crippen molar-refractivity contribution in [1.82, 2.24) is 0 Å². The Morgan fingerprint density at radius 1 is 0.500 bits per heavy atom. The van der Waals surface area contributed by atoms with Gasteiger partial charge in [-0.25, -0.2) is 0 Å². The summed E-state index contributed by atoms with van der Waals surface area (Å²) >= 11 is 0. The van der Waals surface area contributed by atoms with Gasteiger partial charge < -0.3 is 4.74 Å². The molecule has 0 unspecified atom stereocenters. The molecule has 0 N–H and O–H groups in total. The first-order chi connectivity index (χ1) is 10.9. The van der Waals surface area contributed by atoms with Gasteiger partial charge in [-0.1, -0.05) is 110 Å². The van der Waals surface area contributed by atoms with E-state index in [1.54, 1.807) is 0 Å². The van der Waals surface area contributed by atoms with Gasteiger partial charge in [-0.3, -0.25) is 0 Å². The second kappa shape index (κ2) is 21.0. The molecule has 22 heavy (non-hydrogen) atoms. The van der Waals surface area contributed by atoms with Crippen molar-refractivity contribution in [2.75, 3.05) is 6.61 Å². The van der Waals surface area contributed by atoms with Gasteiger partial charge in [0.25, 0.3) is 0 Å². The molecule has 0 aromatic rings. The fourth-order valence-electron chi connectivity index (χ4n) is 2.82. The van der Waals surface area contributed by atoms with Crippen LogP contribution in [0.3, 0.4) is 0 Å². The molecule has 0 bridgehead atoms. The van der Waals surface area contributed by atoms with E-state index >= 15 is 0 Å². The Labute approximate surface area is 141 Å². The van der Waals surface area contributed by atoms with Crippen molar-refractivity contribution >= 4 is 0 Å². The highest BCUT2D eigenvalue weighted by Crippen LogP contribution is 2.13. The lowest BCUT2D eigenvalue weighted by molar-refractivity contribution is 0.185. The van der Waals surface area contributed by atoms with E-state index in [9.17, 15) is 0 Å². The summed E-state index contributed by atoms with van der Waals surface area (Å²) in [6.07, 6.45) is 23.6. The molecule has 0 aromatic carbocycles. The average molecular weight is 312 g/mol. The minimum absolute atomic E-state index is 0.912. The van der Waals surface area contributed by atoms with Crippen LogP contribution in [0.15, 0.2) is 0 Å². The summed E-state index contributed by atoms with van der Waals surface area (Å²) in [5, 5.41) is 0. The van der Waals surface area contributed by atoms with Gasteiger partial charge in [0.15, 0.2) is 0 Å². The van der Waals surface area contributed by atoms with Crippen molar-refractivity contribution in [3.63, 3.8) is 0 Å². The second-order valence-electron chi connectivity index (χ2n) is 6.78. The molecule has 0 heterocycles. The van der Waals surface area contributed by atoms with Crippen LogP contribution in [0.2, 0.25) is 0 Å². The van der Waals surface area contributed by atoms with Gasteiger partial charge in [0, 0.05) is 6.61 Å². The summed E-state index contributed by atoms with van der Waals surface area (Å²) in [6.45, 7) is 7.43. The van der Waals surface area contributed by atoms with Crippen LogP contribution in [-0.4, -0.2) is 6.61 Å². The molecule has 1 heteroatoms. The van der Waals surface area contributed by atoms with E-state index in [2.05, 4.69) is 13.8 Å². The number of hydrogen-bond donors (Lipinski definition) is 0. The van der Waals surface area contributed by atoms with E-state index in [0.29, 0.717) is 0 Å². The third-order valence-electron chi connectivity index (χ3n) is 4.41. The molecule has 1 radical (unpaired) electrons. The molecule has 0 saturated heterocycles. The van der Waals surface area contributed by atoms with Crippen molar-refractivity contribution in [2.45, 2.75) is 123 Å². The summed E-state index contributed by atoms with van der Waals surface area (Å²) in [4.78, 5) is 0. The van der Waals surface area contributed by atoms with E-state index < -0.39 is 0 Å². The summed E-state index contributed by atoms with van der Waals surface area (Å²) in [6, 6.07) is 0. The van der Waals surface area contributed by atoms with Crippen molar-refractivity contribution < 1.29 is 4.74 Å². The summed E-state index contributed by atoms with van der Waals surface area (Å²) < 4.78 is 5.46. The van der Waals surface area contributed by atoms with Crippen LogP contribution in [0.4, 0.5) is 0 Å². The van der Waals surface area contributed by atoms with Crippen LogP contribution < -0.4 is 0 Å². The molecule has 133 valence electrons. The Bertz CT molecular complexity index is 159. The predicted molar refractivity (Wildman–Crippen MR) is 100 cm³/mol. The zero-order valence-electron chi connectivity index (χ0n) is 15.7. The molecule has 0 aromatic heterocycles. The summed E-state index contributed by atoms with van der Waals surface area (Å²) in [5.41, 5.74) is 0. The van der Waals surface area contributed by atoms with Crippen molar-refractivity contribution in [1.29, 1.82) is 0 Å². The van der Waals surface area contributed by atoms with Gasteiger partial charge in [-0.15, -0.1) is 0 Å². The molecule has 1 nitrogen and oxygen atoms in total. The molecular weight excluding hydrogens is 268 g/mol. The first kappa shape index (κ1) is 22.0. The lowest BCUT2D eigenvalue weighted by Gasteiger charge is -2.04. The topological polar surface area (TPSA) is 9.23 Å². The number of hydrogen-bond acceptors (Lipinski definition) is 1. The van der Waals surface area contributed by atoms with E-state index in [0.717, 1.165) is 13.0 Å². The Hall–Kier alpha value is -0.0400. The SMILES string of the molecule is CCCCCCCCCCCCCCCC[CH]OCCCC. The highest BCUT2D eigenvalue weighted by atomic mass is 16.5. The highest BCUT2D eigenvalue weighted by Gasteiger charge is 1.95. The fraction of sp³-hybridized carbons (Fsp3) is 0.952. The summed E-state index contributed by atoms with van der Waals surface area (Å²) in [7, 11) is 0. The Kier molecular flexibility index (Phi) is 20.9. The van der Waals surface area contributed by atoms with Gasteiger partial charge in [0.2, 0.25) is 0 Å². The number of unbranched alkanes of at least 4 members (excludes halogenated alkanes) is 15. The molecule has 0 aliphatic heterocycles. The maximum absolute atomic E-state index is 5.46. The second-order valence-corrected chi connectivity index (χ2v) is 6.78. The third-order valence-corrected chi connectivity index (χ3v) is 4.41. The molecule has 0 spiro atoms. The standard InChI is InChI=1S/C21H43O/c1-3-5-7-8-9-10-11-12-13-14-15-16-17-18-19-21-22-20-6-4-2/h21H,3-20H2,1-2H3. The normalized spacial score (nSPS) is 11.2. The van der Waals surface area contributed by atoms with Crippen LogP contribution >= 0.6 is 0 Å². The van der Waals surface area contributed by atoms with Gasteiger partial charge >= 0.3 is 0 Å². The fourth-order valence-corrected chi connectivity index (χ4v) is 2.82. The largest absolute Gasteiger partial charge is 0.376 e. The zero-order chi connectivity index (χ0) is 16.1. The highest BCUT2D eigenvalue weighted by molar-refractivity contribution is 4.53. The van der Waals surface area contributed by atoms with Gasteiger partial charge in [-0.05, 0) is 12.8 Å². The van der Waals surface area contributed by atoms with Crippen molar-refractivity contribution in [3.05, 3.63) is 6.61 Å². The smallest absolute Gasteiger partial charge is 0.0836 e. The van der Waals surface area contributed by atoms with Gasteiger partial charge in [0.1, 0.15) is 0 Å². The molecule has 0 amide bonds. The Morgan fingerprint density at radius 3 is 1.36 bits per heavy atom. The van der Waals surface area contributed by atoms with Crippen molar-refractivity contribution in [2.24, 2.45) is 0 Å². The van der Waals surface area contributed by atoms with Crippen LogP contribution in [-0.2, 0) is 4.74 Å². The average Bonchev–Trinajstić information content (AvgIpc) is 2.54. The predicted octanol–water partition coefficient (Wildman–Crippen LogP) is 7.84. The molecule has 0 aliphatic rings. The third kappa shape index (κ3) is 20.0. The maximum Gasteiger partial charge on any atom is 0.0836 e. The van der Waals surface area contributed by atoms with Gasteiger partial charge in [0.05, 0.1) is 6.61 Å². The molecule has 0 fully saturated rings. The minimum atomic E-state index is 0.912. The van der Waals surface area contributed by atoms with E-state index in [4.69, 9.17) is 4.74 Å². The van der Waals surface area contributed by atoms with Crippen LogP contribution in [0, 0.1) is 6.61 Å².